The van der Waals surface area contributed by atoms with Gasteiger partial charge < -0.3 is 0 Å². The fourth-order valence-electron chi connectivity index (χ4n) is 22.0. The summed E-state index contributed by atoms with van der Waals surface area (Å²) in [6.45, 7) is 0. The maximum Gasteiger partial charge on any atom is 0.0132 e. The molecule has 0 aromatic rings. The first-order valence-electron chi connectivity index (χ1n) is 28.5. The van der Waals surface area contributed by atoms with Crippen molar-refractivity contribution in [3.05, 3.63) is 0 Å². The third-order valence-corrected chi connectivity index (χ3v) is 23.9. The minimum Gasteiger partial charge on any atom is -0.294 e. The Bertz CT molecular complexity index is 1350. The molecule has 0 bridgehead atoms. The van der Waals surface area contributed by atoms with Gasteiger partial charge in [-0.3, -0.25) is 4.90 Å². The predicted molar refractivity (Wildman–Crippen MR) is 242 cm³/mol. The van der Waals surface area contributed by atoms with Gasteiger partial charge in [0, 0.05) is 18.1 Å². The molecule has 12 fully saturated rings. The van der Waals surface area contributed by atoms with E-state index in [0.717, 1.165) is 125 Å². The Kier molecular flexibility index (Phi) is 11.7. The molecule has 1 nitrogen and oxygen atoms in total. The van der Waals surface area contributed by atoms with E-state index < -0.39 is 0 Å². The molecule has 0 aliphatic heterocycles. The highest BCUT2D eigenvalue weighted by molar-refractivity contribution is 5.09. The van der Waals surface area contributed by atoms with E-state index in [4.69, 9.17) is 0 Å². The highest BCUT2D eigenvalue weighted by Gasteiger charge is 2.59. The molecule has 0 aromatic heterocycles. The quantitative estimate of drug-likeness (QED) is 0.259. The maximum absolute atomic E-state index is 3.40. The summed E-state index contributed by atoms with van der Waals surface area (Å²) in [6, 6.07) is 2.84. The van der Waals surface area contributed by atoms with E-state index in [9.17, 15) is 0 Å². The molecule has 17 unspecified atom stereocenters. The van der Waals surface area contributed by atoms with Gasteiger partial charge in [-0.05, 0) is 229 Å². The molecule has 326 valence electrons. The average molecular weight is 792 g/mol. The number of hydrogen-bond acceptors (Lipinski definition) is 1. The Labute approximate surface area is 359 Å². The normalized spacial score (nSPS) is 52.6. The van der Waals surface area contributed by atoms with Gasteiger partial charge in [0.25, 0.3) is 0 Å². The van der Waals surface area contributed by atoms with Crippen LogP contribution in [0.2, 0.25) is 0 Å². The van der Waals surface area contributed by atoms with Crippen molar-refractivity contribution in [1.29, 1.82) is 0 Å². The molecule has 58 heavy (non-hydrogen) atoms. The number of fused-ring (bicyclic) bond motifs is 9. The molecule has 1 heteroatoms. The lowest BCUT2D eigenvalue weighted by atomic mass is 9.51. The van der Waals surface area contributed by atoms with Crippen LogP contribution < -0.4 is 0 Å². The molecule has 0 saturated heterocycles. The smallest absolute Gasteiger partial charge is 0.0132 e. The average Bonchev–Trinajstić information content (AvgIpc) is 4.01. The van der Waals surface area contributed by atoms with Crippen LogP contribution >= 0.6 is 0 Å². The third kappa shape index (κ3) is 7.22. The van der Waals surface area contributed by atoms with Crippen molar-refractivity contribution in [1.82, 2.24) is 4.90 Å². The Morgan fingerprint density at radius 2 is 0.672 bits per heavy atom. The Morgan fingerprint density at radius 3 is 1.45 bits per heavy atom. The first-order valence-corrected chi connectivity index (χ1v) is 28.5. The zero-order valence-corrected chi connectivity index (χ0v) is 38.0. The molecule has 12 saturated carbocycles. The molecular formula is C57H93N. The molecule has 0 aromatic carbocycles. The van der Waals surface area contributed by atoms with Crippen LogP contribution in [-0.2, 0) is 0 Å². The lowest BCUT2D eigenvalue weighted by Gasteiger charge is -2.54. The van der Waals surface area contributed by atoms with Crippen molar-refractivity contribution >= 4 is 0 Å². The van der Waals surface area contributed by atoms with Crippen LogP contribution in [0.3, 0.4) is 0 Å². The zero-order chi connectivity index (χ0) is 38.2. The van der Waals surface area contributed by atoms with E-state index in [1.165, 1.54) is 25.7 Å². The van der Waals surface area contributed by atoms with E-state index in [0.29, 0.717) is 0 Å². The largest absolute Gasteiger partial charge is 0.294 e. The van der Waals surface area contributed by atoms with E-state index in [-0.39, 0.29) is 0 Å². The second-order valence-electron chi connectivity index (χ2n) is 25.8. The van der Waals surface area contributed by atoms with Crippen molar-refractivity contribution in [3.63, 3.8) is 0 Å². The summed E-state index contributed by atoms with van der Waals surface area (Å²) < 4.78 is 0. The number of hydrogen-bond donors (Lipinski definition) is 0. The summed E-state index contributed by atoms with van der Waals surface area (Å²) in [5.41, 5.74) is 0. The van der Waals surface area contributed by atoms with Gasteiger partial charge in [0.2, 0.25) is 0 Å². The van der Waals surface area contributed by atoms with Gasteiger partial charge in [0.15, 0.2) is 0 Å². The topological polar surface area (TPSA) is 3.24 Å². The molecule has 12 aliphatic carbocycles. The van der Waals surface area contributed by atoms with Gasteiger partial charge in [0.1, 0.15) is 0 Å². The second-order valence-corrected chi connectivity index (χ2v) is 25.8. The van der Waals surface area contributed by atoms with E-state index >= 15 is 0 Å². The lowest BCUT2D eigenvalue weighted by molar-refractivity contribution is -0.0480. The highest BCUT2D eigenvalue weighted by atomic mass is 15.2. The fraction of sp³-hybridized carbons (Fsp3) is 1.00. The SMILES string of the molecule is C1CCC(C2CC3CCCC(C4CC5CCCCC5C5CC6CC(C7CCC(N(C8CCCCC8)C8CCCC9C%10CCCCC%10CC98)CC7)CCC6C54)C3C2)CC1. The van der Waals surface area contributed by atoms with Gasteiger partial charge >= 0.3 is 0 Å². The standard InChI is InChI=1S/C57H93N/c1-3-13-37(14-4-1)43-32-40-17-11-22-51(52(40)35-43)55-34-42-16-8-10-21-48(42)54-36-44-31-39(27-30-49(44)57(54)55)38-25-28-46(29-26-38)58(45-18-5-2-6-19-45)56-24-12-23-50-47-20-9-7-15-41(47)33-53(50)56/h37-57H,1-36H2. The van der Waals surface area contributed by atoms with Crippen molar-refractivity contribution in [3.8, 4) is 0 Å². The second kappa shape index (κ2) is 17.2. The van der Waals surface area contributed by atoms with Crippen LogP contribution in [0.5, 0.6) is 0 Å². The zero-order valence-electron chi connectivity index (χ0n) is 38.0. The summed E-state index contributed by atoms with van der Waals surface area (Å²) in [5.74, 6) is 20.2. The van der Waals surface area contributed by atoms with E-state index in [1.807, 2.05) is 0 Å². The summed E-state index contributed by atoms with van der Waals surface area (Å²) in [6.07, 6.45) is 57.6. The van der Waals surface area contributed by atoms with Gasteiger partial charge in [-0.2, -0.15) is 0 Å². The Hall–Kier alpha value is -0.0400. The summed E-state index contributed by atoms with van der Waals surface area (Å²) in [7, 11) is 0. The van der Waals surface area contributed by atoms with Crippen LogP contribution in [-0.4, -0.2) is 23.0 Å². The van der Waals surface area contributed by atoms with Crippen LogP contribution in [0.25, 0.3) is 0 Å². The molecule has 0 amide bonds. The lowest BCUT2D eigenvalue weighted by Crippen LogP contribution is -2.55. The molecular weight excluding hydrogens is 699 g/mol. The highest BCUT2D eigenvalue weighted by Crippen LogP contribution is 2.67. The first kappa shape index (κ1) is 39.5. The molecule has 17 atom stereocenters. The first-order chi connectivity index (χ1) is 28.7. The maximum atomic E-state index is 3.40. The van der Waals surface area contributed by atoms with Gasteiger partial charge in [-0.25, -0.2) is 0 Å². The molecule has 12 rings (SSSR count). The van der Waals surface area contributed by atoms with Crippen LogP contribution in [0.15, 0.2) is 0 Å². The molecule has 0 spiro atoms. The predicted octanol–water partition coefficient (Wildman–Crippen LogP) is 15.7. The molecule has 12 aliphatic rings. The van der Waals surface area contributed by atoms with Crippen LogP contribution in [0.4, 0.5) is 0 Å². The van der Waals surface area contributed by atoms with Crippen LogP contribution in [0, 0.1) is 107 Å². The minimum absolute atomic E-state index is 0.938. The molecule has 0 heterocycles. The van der Waals surface area contributed by atoms with Crippen molar-refractivity contribution < 1.29 is 0 Å². The van der Waals surface area contributed by atoms with Gasteiger partial charge in [-0.15, -0.1) is 0 Å². The summed E-state index contributed by atoms with van der Waals surface area (Å²) in [5, 5.41) is 0. The Morgan fingerprint density at radius 1 is 0.207 bits per heavy atom. The molecule has 0 N–H and O–H groups in total. The Balaban J connectivity index is 0.729. The van der Waals surface area contributed by atoms with Crippen molar-refractivity contribution in [2.45, 2.75) is 249 Å². The van der Waals surface area contributed by atoms with Gasteiger partial charge in [-0.1, -0.05) is 109 Å². The molecule has 0 radical (unpaired) electrons. The number of rotatable bonds is 6. The van der Waals surface area contributed by atoms with Gasteiger partial charge in [0.05, 0.1) is 0 Å². The van der Waals surface area contributed by atoms with Crippen molar-refractivity contribution in [2.24, 2.45) is 107 Å². The monoisotopic (exact) mass is 792 g/mol. The van der Waals surface area contributed by atoms with E-state index in [2.05, 4.69) is 4.90 Å². The minimum atomic E-state index is 0.938. The van der Waals surface area contributed by atoms with Crippen LogP contribution in [0.1, 0.15) is 231 Å². The number of nitrogens with zero attached hydrogens (tertiary/aromatic N) is 1. The third-order valence-electron chi connectivity index (χ3n) is 23.9. The fourth-order valence-corrected chi connectivity index (χ4v) is 22.0. The summed E-state index contributed by atoms with van der Waals surface area (Å²) >= 11 is 0. The summed E-state index contributed by atoms with van der Waals surface area (Å²) in [4.78, 5) is 3.40. The van der Waals surface area contributed by atoms with E-state index in [1.54, 1.807) is 205 Å². The van der Waals surface area contributed by atoms with Crippen molar-refractivity contribution in [2.75, 3.05) is 0 Å².